The van der Waals surface area contributed by atoms with Crippen LogP contribution in [-0.2, 0) is 11.8 Å². The molecule has 4 rings (SSSR count). The largest absolute Gasteiger partial charge is 0.313 e. The minimum atomic E-state index is -1.99. The van der Waals surface area contributed by atoms with Gasteiger partial charge in [-0.05, 0) is 61.7 Å². The lowest BCUT2D eigenvalue weighted by Crippen LogP contribution is -2.59. The van der Waals surface area contributed by atoms with E-state index in [0.717, 1.165) is 18.5 Å². The highest BCUT2D eigenvalue weighted by molar-refractivity contribution is 5.45. The van der Waals surface area contributed by atoms with Crippen LogP contribution in [0.4, 0.5) is 0 Å². The lowest BCUT2D eigenvalue weighted by Gasteiger charge is -2.56. The van der Waals surface area contributed by atoms with Crippen molar-refractivity contribution in [2.75, 3.05) is 6.54 Å². The van der Waals surface area contributed by atoms with Crippen LogP contribution in [0.25, 0.3) is 0 Å². The van der Waals surface area contributed by atoms with Crippen LogP contribution < -0.4 is 5.32 Å². The van der Waals surface area contributed by atoms with Gasteiger partial charge in [-0.2, -0.15) is 0 Å². The lowest BCUT2D eigenvalue weighted by atomic mass is 9.52. The summed E-state index contributed by atoms with van der Waals surface area (Å²) in [4.78, 5) is 0. The first-order chi connectivity index (χ1) is 10.0. The van der Waals surface area contributed by atoms with Crippen molar-refractivity contribution >= 4 is 0 Å². The smallest absolute Gasteiger partial charge is 0.0280 e. The second-order valence-electron chi connectivity index (χ2n) is 6.35. The van der Waals surface area contributed by atoms with Gasteiger partial charge in [-0.25, -0.2) is 0 Å². The lowest BCUT2D eigenvalue weighted by molar-refractivity contribution is 0.0796. The van der Waals surface area contributed by atoms with Gasteiger partial charge in [0.05, 0.1) is 0 Å². The Morgan fingerprint density at radius 1 is 1.33 bits per heavy atom. The minimum Gasteiger partial charge on any atom is -0.313 e. The topological polar surface area (TPSA) is 12.0 Å². The van der Waals surface area contributed by atoms with Crippen molar-refractivity contribution in [1.82, 2.24) is 5.32 Å². The summed E-state index contributed by atoms with van der Waals surface area (Å²) in [6, 6.07) is 6.50. The van der Waals surface area contributed by atoms with E-state index in [1.54, 1.807) is 0 Å². The highest BCUT2D eigenvalue weighted by Crippen LogP contribution is 2.54. The average Bonchev–Trinajstić information content (AvgIpc) is 2.45. The van der Waals surface area contributed by atoms with E-state index in [4.69, 9.17) is 4.11 Å². The fourth-order valence-corrected chi connectivity index (χ4v) is 4.96. The molecular weight excluding hydrogens is 218 g/mol. The molecule has 18 heavy (non-hydrogen) atoms. The predicted molar refractivity (Wildman–Crippen MR) is 74.9 cm³/mol. The summed E-state index contributed by atoms with van der Waals surface area (Å²) in [6.45, 7) is -0.906. The number of hydrogen-bond acceptors (Lipinski definition) is 1. The van der Waals surface area contributed by atoms with E-state index in [0.29, 0.717) is 17.5 Å². The van der Waals surface area contributed by atoms with Crippen molar-refractivity contribution in [3.05, 3.63) is 34.9 Å². The van der Waals surface area contributed by atoms with Gasteiger partial charge in [0.15, 0.2) is 0 Å². The number of fused-ring (bicyclic) bond motifs is 1. The Bertz CT molecular complexity index is 562. The molecule has 0 spiro atoms. The molecule has 2 fully saturated rings. The number of benzene rings is 1. The van der Waals surface area contributed by atoms with Crippen molar-refractivity contribution < 1.29 is 4.11 Å². The Labute approximate surface area is 114 Å². The highest BCUT2D eigenvalue weighted by atomic mass is 15.0. The zero-order valence-corrected chi connectivity index (χ0v) is 10.8. The molecule has 0 radical (unpaired) electrons. The van der Waals surface area contributed by atoms with E-state index >= 15 is 0 Å². The second-order valence-corrected chi connectivity index (χ2v) is 6.35. The Balaban J connectivity index is 1.92. The molecule has 3 aliphatic rings. The summed E-state index contributed by atoms with van der Waals surface area (Å²) >= 11 is 0. The van der Waals surface area contributed by atoms with E-state index in [-0.39, 0.29) is 5.41 Å². The van der Waals surface area contributed by atoms with Gasteiger partial charge < -0.3 is 5.32 Å². The first-order valence-electron chi connectivity index (χ1n) is 8.89. The molecule has 1 heterocycles. The summed E-state index contributed by atoms with van der Waals surface area (Å²) in [6.07, 6.45) is 7.24. The van der Waals surface area contributed by atoms with Crippen LogP contribution in [0.1, 0.15) is 52.9 Å². The van der Waals surface area contributed by atoms with E-state index in [9.17, 15) is 0 Å². The SMILES string of the molecule is [2H]C([2H])([2H])c1cccc2c1C[C@H]1NCC[C@@]23CCCC[C@@H]13. The molecular formula is C17H23N. The molecule has 3 atom stereocenters. The molecule has 2 aliphatic carbocycles. The quantitative estimate of drug-likeness (QED) is 0.738. The maximum Gasteiger partial charge on any atom is 0.0280 e. The molecule has 0 amide bonds. The molecule has 1 saturated carbocycles. The van der Waals surface area contributed by atoms with Gasteiger partial charge in [0.2, 0.25) is 0 Å². The van der Waals surface area contributed by atoms with Crippen LogP contribution in [0.15, 0.2) is 18.2 Å². The Morgan fingerprint density at radius 2 is 2.33 bits per heavy atom. The molecule has 1 N–H and O–H groups in total. The van der Waals surface area contributed by atoms with Crippen LogP contribution in [0.3, 0.4) is 0 Å². The van der Waals surface area contributed by atoms with Crippen LogP contribution in [0.5, 0.6) is 0 Å². The van der Waals surface area contributed by atoms with Gasteiger partial charge in [-0.1, -0.05) is 31.0 Å². The van der Waals surface area contributed by atoms with E-state index in [1.807, 2.05) is 12.1 Å². The second kappa shape index (κ2) is 3.84. The van der Waals surface area contributed by atoms with Crippen molar-refractivity contribution in [3.8, 4) is 0 Å². The van der Waals surface area contributed by atoms with Gasteiger partial charge in [-0.3, -0.25) is 0 Å². The standard InChI is InChI=1S/C17H23N/c1-12-5-4-7-14-13(12)11-16-15-6-2-3-8-17(14,15)9-10-18-16/h4-5,7,15-16,18H,2-3,6,8-11H2,1H3/t15-,16+,17-/m0/s1/i1D3. The number of aryl methyl sites for hydroxylation is 1. The van der Waals surface area contributed by atoms with Crippen LogP contribution >= 0.6 is 0 Å². The molecule has 1 heteroatoms. The number of hydrogen-bond donors (Lipinski definition) is 1. The third kappa shape index (κ3) is 1.31. The van der Waals surface area contributed by atoms with Crippen molar-refractivity contribution in [1.29, 1.82) is 0 Å². The Kier molecular flexibility index (Phi) is 1.78. The zero-order valence-electron chi connectivity index (χ0n) is 13.8. The first kappa shape index (κ1) is 8.37. The fourth-order valence-electron chi connectivity index (χ4n) is 4.96. The summed E-state index contributed by atoms with van der Waals surface area (Å²) in [5, 5.41) is 3.68. The molecule has 1 aromatic carbocycles. The number of nitrogens with one attached hydrogen (secondary N) is 1. The van der Waals surface area contributed by atoms with Gasteiger partial charge in [-0.15, -0.1) is 0 Å². The molecule has 96 valence electrons. The molecule has 1 aromatic rings. The van der Waals surface area contributed by atoms with Gasteiger partial charge in [0, 0.05) is 15.6 Å². The molecule has 0 aromatic heterocycles. The number of rotatable bonds is 0. The monoisotopic (exact) mass is 244 g/mol. The summed E-state index contributed by atoms with van der Waals surface area (Å²) in [5.74, 6) is 0.708. The van der Waals surface area contributed by atoms with Crippen molar-refractivity contribution in [2.24, 2.45) is 5.92 Å². The minimum absolute atomic E-state index is 0.253. The summed E-state index contributed by atoms with van der Waals surface area (Å²) in [5.41, 5.74) is 3.35. The van der Waals surface area contributed by atoms with E-state index < -0.39 is 6.85 Å². The molecule has 1 aliphatic heterocycles. The normalized spacial score (nSPS) is 41.0. The van der Waals surface area contributed by atoms with Crippen LogP contribution in [0.2, 0.25) is 0 Å². The molecule has 0 unspecified atom stereocenters. The summed E-state index contributed by atoms with van der Waals surface area (Å²) in [7, 11) is 0. The van der Waals surface area contributed by atoms with Gasteiger partial charge >= 0.3 is 0 Å². The fraction of sp³-hybridized carbons (Fsp3) is 0.647. The van der Waals surface area contributed by atoms with Crippen LogP contribution in [0, 0.1) is 12.8 Å². The van der Waals surface area contributed by atoms with Crippen LogP contribution in [-0.4, -0.2) is 12.6 Å². The van der Waals surface area contributed by atoms with E-state index in [2.05, 4.69) is 11.4 Å². The van der Waals surface area contributed by atoms with Gasteiger partial charge in [0.25, 0.3) is 0 Å². The average molecular weight is 244 g/mol. The third-order valence-electron chi connectivity index (χ3n) is 5.70. The Morgan fingerprint density at radius 3 is 3.28 bits per heavy atom. The molecule has 1 nitrogen and oxygen atoms in total. The maximum atomic E-state index is 7.86. The maximum absolute atomic E-state index is 7.86. The van der Waals surface area contributed by atoms with Gasteiger partial charge in [0.1, 0.15) is 0 Å². The number of piperidine rings is 1. The third-order valence-corrected chi connectivity index (χ3v) is 5.70. The van der Waals surface area contributed by atoms with Crippen molar-refractivity contribution in [3.63, 3.8) is 0 Å². The molecule has 2 bridgehead atoms. The van der Waals surface area contributed by atoms with E-state index in [1.165, 1.54) is 37.7 Å². The summed E-state index contributed by atoms with van der Waals surface area (Å²) < 4.78 is 23.6. The first-order valence-corrected chi connectivity index (χ1v) is 7.39. The van der Waals surface area contributed by atoms with Crippen molar-refractivity contribution in [2.45, 2.75) is 56.8 Å². The highest BCUT2D eigenvalue weighted by Gasteiger charge is 2.51. The predicted octanol–water partition coefficient (Wildman–Crippen LogP) is 3.34. The zero-order chi connectivity index (χ0) is 14.7. The molecule has 1 saturated heterocycles. The Hall–Kier alpha value is -0.820.